The van der Waals surface area contributed by atoms with Crippen LogP contribution >= 0.6 is 11.3 Å². The Kier molecular flexibility index (Phi) is 2.80. The smallest absolute Gasteiger partial charge is 0.197 e. The van der Waals surface area contributed by atoms with E-state index in [0.29, 0.717) is 0 Å². The highest BCUT2D eigenvalue weighted by molar-refractivity contribution is 7.13. The Balaban J connectivity index is 1.89. The van der Waals surface area contributed by atoms with E-state index < -0.39 is 0 Å². The third-order valence-electron chi connectivity index (χ3n) is 2.23. The summed E-state index contributed by atoms with van der Waals surface area (Å²) in [6.07, 6.45) is 3.98. The van der Waals surface area contributed by atoms with Crippen LogP contribution in [0.25, 0.3) is 0 Å². The number of piperidine rings is 1. The standard InChI is InChI=1S/C9H15N3S/c1-8-7-13-9(10-8)11-12-5-3-2-4-6-12/h7H,2-6H2,1H3,(H,10,11). The Bertz CT molecular complexity index is 266. The van der Waals surface area contributed by atoms with Crippen molar-refractivity contribution in [2.45, 2.75) is 26.2 Å². The molecule has 1 aliphatic rings. The van der Waals surface area contributed by atoms with Gasteiger partial charge in [0.15, 0.2) is 5.13 Å². The Morgan fingerprint density at radius 3 is 2.77 bits per heavy atom. The van der Waals surface area contributed by atoms with Crippen molar-refractivity contribution in [1.29, 1.82) is 0 Å². The van der Waals surface area contributed by atoms with Crippen LogP contribution < -0.4 is 5.43 Å². The number of aromatic nitrogens is 1. The predicted octanol–water partition coefficient (Wildman–Crippen LogP) is 2.26. The van der Waals surface area contributed by atoms with E-state index >= 15 is 0 Å². The lowest BCUT2D eigenvalue weighted by molar-refractivity contribution is 0.273. The van der Waals surface area contributed by atoms with E-state index in [9.17, 15) is 0 Å². The molecule has 1 N–H and O–H groups in total. The van der Waals surface area contributed by atoms with Gasteiger partial charge in [0.2, 0.25) is 0 Å². The number of thiazole rings is 1. The molecule has 1 fully saturated rings. The van der Waals surface area contributed by atoms with Crippen LogP contribution in [0.1, 0.15) is 25.0 Å². The average molecular weight is 197 g/mol. The zero-order chi connectivity index (χ0) is 9.10. The maximum Gasteiger partial charge on any atom is 0.197 e. The van der Waals surface area contributed by atoms with Crippen LogP contribution in [0.5, 0.6) is 0 Å². The quantitative estimate of drug-likeness (QED) is 0.788. The van der Waals surface area contributed by atoms with Crippen LogP contribution in [0.2, 0.25) is 0 Å². The second kappa shape index (κ2) is 4.07. The fourth-order valence-electron chi connectivity index (χ4n) is 1.55. The van der Waals surface area contributed by atoms with Crippen molar-refractivity contribution in [1.82, 2.24) is 9.99 Å². The summed E-state index contributed by atoms with van der Waals surface area (Å²) >= 11 is 1.68. The summed E-state index contributed by atoms with van der Waals surface area (Å²) in [7, 11) is 0. The average Bonchev–Trinajstić information content (AvgIpc) is 2.53. The third kappa shape index (κ3) is 2.42. The van der Waals surface area contributed by atoms with Crippen LogP contribution in [0, 0.1) is 6.92 Å². The highest BCUT2D eigenvalue weighted by Gasteiger charge is 2.10. The molecule has 0 spiro atoms. The lowest BCUT2D eigenvalue weighted by Crippen LogP contribution is -2.34. The molecule has 1 aromatic rings. The van der Waals surface area contributed by atoms with E-state index in [1.807, 2.05) is 6.92 Å². The number of nitrogens with zero attached hydrogens (tertiary/aromatic N) is 2. The summed E-state index contributed by atoms with van der Waals surface area (Å²) in [4.78, 5) is 4.37. The normalized spacial score (nSPS) is 18.8. The van der Waals surface area contributed by atoms with Crippen LogP contribution in [-0.2, 0) is 0 Å². The number of nitrogens with one attached hydrogen (secondary N) is 1. The van der Waals surface area contributed by atoms with E-state index in [0.717, 1.165) is 23.9 Å². The number of aryl methyl sites for hydroxylation is 1. The van der Waals surface area contributed by atoms with E-state index in [2.05, 4.69) is 20.8 Å². The minimum Gasteiger partial charge on any atom is -0.294 e. The molecule has 0 bridgehead atoms. The van der Waals surface area contributed by atoms with Crippen LogP contribution in [0.3, 0.4) is 0 Å². The summed E-state index contributed by atoms with van der Waals surface area (Å²) in [5, 5.41) is 5.37. The Morgan fingerprint density at radius 1 is 1.38 bits per heavy atom. The minimum atomic E-state index is 1.03. The van der Waals surface area contributed by atoms with E-state index in [-0.39, 0.29) is 0 Å². The fraction of sp³-hybridized carbons (Fsp3) is 0.667. The van der Waals surface area contributed by atoms with Gasteiger partial charge in [0.25, 0.3) is 0 Å². The molecule has 0 aromatic carbocycles. The van der Waals surface area contributed by atoms with Crippen molar-refractivity contribution in [2.75, 3.05) is 18.5 Å². The number of hydrogen-bond acceptors (Lipinski definition) is 4. The van der Waals surface area contributed by atoms with Crippen LogP contribution in [0.15, 0.2) is 5.38 Å². The summed E-state index contributed by atoms with van der Waals surface area (Å²) < 4.78 is 0. The van der Waals surface area contributed by atoms with Gasteiger partial charge in [-0.05, 0) is 19.8 Å². The molecular weight excluding hydrogens is 182 g/mol. The minimum absolute atomic E-state index is 1.03. The van der Waals surface area contributed by atoms with Gasteiger partial charge in [0.1, 0.15) is 0 Å². The van der Waals surface area contributed by atoms with Gasteiger partial charge in [-0.1, -0.05) is 6.42 Å². The molecule has 4 heteroatoms. The number of hydrazine groups is 1. The summed E-state index contributed by atoms with van der Waals surface area (Å²) in [6.45, 7) is 4.33. The predicted molar refractivity (Wildman–Crippen MR) is 55.9 cm³/mol. The molecular formula is C9H15N3S. The van der Waals surface area contributed by atoms with Crippen molar-refractivity contribution in [3.63, 3.8) is 0 Å². The molecule has 1 aliphatic heterocycles. The molecule has 2 rings (SSSR count). The van der Waals surface area contributed by atoms with Gasteiger partial charge in [0.05, 0.1) is 5.69 Å². The van der Waals surface area contributed by atoms with Crippen LogP contribution in [0.4, 0.5) is 5.13 Å². The van der Waals surface area contributed by atoms with E-state index in [4.69, 9.17) is 0 Å². The molecule has 0 saturated carbocycles. The first-order valence-corrected chi connectivity index (χ1v) is 5.66. The first-order chi connectivity index (χ1) is 6.34. The summed E-state index contributed by atoms with van der Waals surface area (Å²) in [6, 6.07) is 0. The molecule has 0 unspecified atom stereocenters. The largest absolute Gasteiger partial charge is 0.294 e. The van der Waals surface area contributed by atoms with Gasteiger partial charge in [-0.2, -0.15) is 0 Å². The lowest BCUT2D eigenvalue weighted by Gasteiger charge is -2.26. The van der Waals surface area contributed by atoms with Gasteiger partial charge in [-0.25, -0.2) is 9.99 Å². The number of anilines is 1. The molecule has 0 atom stereocenters. The Morgan fingerprint density at radius 2 is 2.15 bits per heavy atom. The molecule has 72 valence electrons. The maximum absolute atomic E-state index is 4.37. The van der Waals surface area contributed by atoms with Crippen molar-refractivity contribution in [3.8, 4) is 0 Å². The lowest BCUT2D eigenvalue weighted by atomic mass is 10.2. The van der Waals surface area contributed by atoms with Crippen molar-refractivity contribution < 1.29 is 0 Å². The first kappa shape index (κ1) is 8.97. The van der Waals surface area contributed by atoms with Gasteiger partial charge >= 0.3 is 0 Å². The van der Waals surface area contributed by atoms with Gasteiger partial charge < -0.3 is 0 Å². The van der Waals surface area contributed by atoms with Crippen molar-refractivity contribution in [2.24, 2.45) is 0 Å². The fourth-order valence-corrected chi connectivity index (χ4v) is 2.26. The summed E-state index contributed by atoms with van der Waals surface area (Å²) in [5.41, 5.74) is 4.44. The van der Waals surface area contributed by atoms with E-state index in [1.54, 1.807) is 11.3 Å². The maximum atomic E-state index is 4.37. The zero-order valence-electron chi connectivity index (χ0n) is 7.92. The number of hydrogen-bond donors (Lipinski definition) is 1. The molecule has 0 radical (unpaired) electrons. The molecule has 2 heterocycles. The Hall–Kier alpha value is -0.610. The molecule has 1 saturated heterocycles. The van der Waals surface area contributed by atoms with Crippen LogP contribution in [-0.4, -0.2) is 23.1 Å². The third-order valence-corrected chi connectivity index (χ3v) is 3.09. The number of rotatable bonds is 2. The highest BCUT2D eigenvalue weighted by atomic mass is 32.1. The first-order valence-electron chi connectivity index (χ1n) is 4.78. The van der Waals surface area contributed by atoms with Gasteiger partial charge in [-0.3, -0.25) is 5.43 Å². The highest BCUT2D eigenvalue weighted by Crippen LogP contribution is 2.17. The zero-order valence-corrected chi connectivity index (χ0v) is 8.73. The molecule has 0 aliphatic carbocycles. The molecule has 1 aromatic heterocycles. The second-order valence-corrected chi connectivity index (χ2v) is 4.31. The van der Waals surface area contributed by atoms with Gasteiger partial charge in [0, 0.05) is 18.5 Å². The van der Waals surface area contributed by atoms with Crippen molar-refractivity contribution >= 4 is 16.5 Å². The Labute approximate surface area is 82.8 Å². The summed E-state index contributed by atoms with van der Waals surface area (Å²) in [5.74, 6) is 0. The second-order valence-electron chi connectivity index (χ2n) is 3.45. The SMILES string of the molecule is Cc1csc(NN2CCCCC2)n1. The topological polar surface area (TPSA) is 28.2 Å². The van der Waals surface area contributed by atoms with Gasteiger partial charge in [-0.15, -0.1) is 11.3 Å². The van der Waals surface area contributed by atoms with Crippen molar-refractivity contribution in [3.05, 3.63) is 11.1 Å². The molecule has 13 heavy (non-hydrogen) atoms. The molecule has 0 amide bonds. The van der Waals surface area contributed by atoms with E-state index in [1.165, 1.54) is 19.3 Å². The molecule has 3 nitrogen and oxygen atoms in total. The monoisotopic (exact) mass is 197 g/mol.